The quantitative estimate of drug-likeness (QED) is 0.699. The monoisotopic (exact) mass is 219 g/mol. The molecule has 1 heterocycles. The summed E-state index contributed by atoms with van der Waals surface area (Å²) in [5.74, 6) is 0.971. The van der Waals surface area contributed by atoms with Crippen molar-refractivity contribution in [2.45, 2.75) is 33.2 Å². The summed E-state index contributed by atoms with van der Waals surface area (Å²) in [5.41, 5.74) is 0. The van der Waals surface area contributed by atoms with E-state index < -0.39 is 9.84 Å². The van der Waals surface area contributed by atoms with E-state index in [1.807, 2.05) is 6.92 Å². The van der Waals surface area contributed by atoms with Gasteiger partial charge in [0.15, 0.2) is 9.84 Å². The Morgan fingerprint density at radius 2 is 2.14 bits per heavy atom. The molecule has 0 radical (unpaired) electrons. The van der Waals surface area contributed by atoms with Crippen LogP contribution in [-0.4, -0.2) is 44.0 Å². The van der Waals surface area contributed by atoms with Gasteiger partial charge in [-0.2, -0.15) is 0 Å². The zero-order valence-corrected chi connectivity index (χ0v) is 10.2. The van der Waals surface area contributed by atoms with Crippen LogP contribution in [0.4, 0.5) is 0 Å². The minimum atomic E-state index is -2.78. The smallest absolute Gasteiger partial charge is 0.151 e. The predicted molar refractivity (Wildman–Crippen MR) is 59.1 cm³/mol. The lowest BCUT2D eigenvalue weighted by molar-refractivity contribution is 0.198. The summed E-state index contributed by atoms with van der Waals surface area (Å²) in [6.07, 6.45) is 1.09. The molecule has 1 aliphatic heterocycles. The minimum absolute atomic E-state index is 0.275. The van der Waals surface area contributed by atoms with Gasteiger partial charge in [-0.1, -0.05) is 13.8 Å². The van der Waals surface area contributed by atoms with E-state index >= 15 is 0 Å². The molecule has 0 aromatic rings. The topological polar surface area (TPSA) is 37.4 Å². The first kappa shape index (κ1) is 12.0. The number of nitrogens with zero attached hydrogens (tertiary/aromatic N) is 1. The highest BCUT2D eigenvalue weighted by Gasteiger charge is 2.25. The van der Waals surface area contributed by atoms with Gasteiger partial charge >= 0.3 is 0 Å². The van der Waals surface area contributed by atoms with Crippen LogP contribution in [0.15, 0.2) is 0 Å². The van der Waals surface area contributed by atoms with Crippen LogP contribution in [-0.2, 0) is 9.84 Å². The third-order valence-electron chi connectivity index (χ3n) is 2.99. The van der Waals surface area contributed by atoms with E-state index in [0.29, 0.717) is 24.1 Å². The molecule has 0 aromatic heterocycles. The molecule has 4 heteroatoms. The second-order valence-corrected chi connectivity index (χ2v) is 6.70. The summed E-state index contributed by atoms with van der Waals surface area (Å²) in [6, 6.07) is 0.505. The number of sulfone groups is 1. The molecule has 0 N–H and O–H groups in total. The molecule has 2 atom stereocenters. The van der Waals surface area contributed by atoms with E-state index in [1.165, 1.54) is 0 Å². The van der Waals surface area contributed by atoms with E-state index in [1.54, 1.807) is 0 Å². The van der Waals surface area contributed by atoms with E-state index in [0.717, 1.165) is 13.0 Å². The molecule has 0 aliphatic carbocycles. The van der Waals surface area contributed by atoms with E-state index in [9.17, 15) is 8.42 Å². The van der Waals surface area contributed by atoms with Gasteiger partial charge in [0.1, 0.15) is 0 Å². The Hall–Kier alpha value is -0.0900. The van der Waals surface area contributed by atoms with Crippen LogP contribution in [0, 0.1) is 5.92 Å². The third-order valence-corrected chi connectivity index (χ3v) is 4.87. The van der Waals surface area contributed by atoms with Crippen molar-refractivity contribution < 1.29 is 8.42 Å². The van der Waals surface area contributed by atoms with Crippen LogP contribution in [0.5, 0.6) is 0 Å². The van der Waals surface area contributed by atoms with Crippen molar-refractivity contribution in [3.8, 4) is 0 Å². The average molecular weight is 219 g/mol. The highest BCUT2D eigenvalue weighted by molar-refractivity contribution is 7.91. The first-order valence-electron chi connectivity index (χ1n) is 5.39. The summed E-state index contributed by atoms with van der Waals surface area (Å²) >= 11 is 0. The van der Waals surface area contributed by atoms with Gasteiger partial charge in [-0.05, 0) is 19.3 Å². The van der Waals surface area contributed by atoms with E-state index in [-0.39, 0.29) is 5.92 Å². The summed E-state index contributed by atoms with van der Waals surface area (Å²) in [5, 5.41) is 0. The maximum absolute atomic E-state index is 11.5. The maximum atomic E-state index is 11.5. The lowest BCUT2D eigenvalue weighted by atomic mass is 10.1. The Morgan fingerprint density at radius 1 is 1.50 bits per heavy atom. The van der Waals surface area contributed by atoms with Gasteiger partial charge in [0.05, 0.1) is 11.5 Å². The largest absolute Gasteiger partial charge is 0.299 e. The van der Waals surface area contributed by atoms with Gasteiger partial charge in [0.25, 0.3) is 0 Å². The Bertz CT molecular complexity index is 274. The van der Waals surface area contributed by atoms with Gasteiger partial charge in [0, 0.05) is 19.1 Å². The van der Waals surface area contributed by atoms with Crippen molar-refractivity contribution in [3.63, 3.8) is 0 Å². The second kappa shape index (κ2) is 4.62. The molecule has 1 saturated heterocycles. The maximum Gasteiger partial charge on any atom is 0.151 e. The standard InChI is InChI=1S/C10H21NO2S/c1-4-10(3)11-5-6-14(12,13)8-9(2)7-11/h9-10H,4-8H2,1-3H3/t9-,10-/m1/s1. The third kappa shape index (κ3) is 3.24. The molecule has 3 nitrogen and oxygen atoms in total. The van der Waals surface area contributed by atoms with Crippen molar-refractivity contribution in [2.24, 2.45) is 5.92 Å². The number of hydrogen-bond donors (Lipinski definition) is 0. The molecule has 0 saturated carbocycles. The van der Waals surface area contributed by atoms with Crippen molar-refractivity contribution >= 4 is 9.84 Å². The van der Waals surface area contributed by atoms with Crippen LogP contribution in [0.2, 0.25) is 0 Å². The molecule has 1 aliphatic rings. The molecule has 1 fully saturated rings. The van der Waals surface area contributed by atoms with E-state index in [4.69, 9.17) is 0 Å². The van der Waals surface area contributed by atoms with Crippen molar-refractivity contribution in [2.75, 3.05) is 24.6 Å². The van der Waals surface area contributed by atoms with Gasteiger partial charge < -0.3 is 0 Å². The molecule has 0 aromatic carbocycles. The fourth-order valence-corrected chi connectivity index (χ4v) is 3.63. The second-order valence-electron chi connectivity index (χ2n) is 4.47. The molecule has 0 bridgehead atoms. The van der Waals surface area contributed by atoms with Crippen LogP contribution >= 0.6 is 0 Å². The lowest BCUT2D eigenvalue weighted by Gasteiger charge is -2.27. The summed E-state index contributed by atoms with van der Waals surface area (Å²) in [6.45, 7) is 7.98. The average Bonchev–Trinajstić information content (AvgIpc) is 2.22. The molecule has 1 rings (SSSR count). The van der Waals surface area contributed by atoms with Crippen molar-refractivity contribution in [1.29, 1.82) is 0 Å². The van der Waals surface area contributed by atoms with Crippen LogP contribution in [0.1, 0.15) is 27.2 Å². The minimum Gasteiger partial charge on any atom is -0.299 e. The highest BCUT2D eigenvalue weighted by Crippen LogP contribution is 2.14. The Morgan fingerprint density at radius 3 is 2.71 bits per heavy atom. The van der Waals surface area contributed by atoms with Crippen LogP contribution < -0.4 is 0 Å². The first-order valence-corrected chi connectivity index (χ1v) is 7.21. The van der Waals surface area contributed by atoms with Crippen molar-refractivity contribution in [3.05, 3.63) is 0 Å². The predicted octanol–water partition coefficient (Wildman–Crippen LogP) is 1.15. The fraction of sp³-hybridized carbons (Fsp3) is 1.00. The summed E-state index contributed by atoms with van der Waals surface area (Å²) in [7, 11) is -2.78. The fourth-order valence-electron chi connectivity index (χ4n) is 1.98. The SMILES string of the molecule is CC[C@@H](C)N1CCS(=O)(=O)C[C@H](C)C1. The van der Waals surface area contributed by atoms with Gasteiger partial charge in [-0.15, -0.1) is 0 Å². The zero-order valence-electron chi connectivity index (χ0n) is 9.36. The molecule has 84 valence electrons. The number of rotatable bonds is 2. The lowest BCUT2D eigenvalue weighted by Crippen LogP contribution is -2.36. The molecule has 14 heavy (non-hydrogen) atoms. The normalized spacial score (nSPS) is 30.9. The number of hydrogen-bond acceptors (Lipinski definition) is 3. The van der Waals surface area contributed by atoms with Crippen LogP contribution in [0.25, 0.3) is 0 Å². The Kier molecular flexibility index (Phi) is 3.95. The van der Waals surface area contributed by atoms with Crippen LogP contribution in [0.3, 0.4) is 0 Å². The van der Waals surface area contributed by atoms with Crippen molar-refractivity contribution in [1.82, 2.24) is 4.90 Å². The molecular formula is C10H21NO2S. The Labute approximate surface area is 87.4 Å². The summed E-state index contributed by atoms with van der Waals surface area (Å²) in [4.78, 5) is 2.30. The zero-order chi connectivity index (χ0) is 10.8. The Balaban J connectivity index is 2.67. The molecule has 0 spiro atoms. The molecular weight excluding hydrogens is 198 g/mol. The van der Waals surface area contributed by atoms with Gasteiger partial charge in [0.2, 0.25) is 0 Å². The molecule has 0 unspecified atom stereocenters. The van der Waals surface area contributed by atoms with Gasteiger partial charge in [-0.3, -0.25) is 4.90 Å². The highest BCUT2D eigenvalue weighted by atomic mass is 32.2. The van der Waals surface area contributed by atoms with Gasteiger partial charge in [-0.25, -0.2) is 8.42 Å². The van der Waals surface area contributed by atoms with E-state index in [2.05, 4.69) is 18.7 Å². The first-order chi connectivity index (χ1) is 6.44. The summed E-state index contributed by atoms with van der Waals surface area (Å²) < 4.78 is 23.0. The molecule has 0 amide bonds.